The van der Waals surface area contributed by atoms with Crippen molar-refractivity contribution in [2.24, 2.45) is 0 Å². The number of pyridine rings is 1. The monoisotopic (exact) mass is 525 g/mol. The smallest absolute Gasteiger partial charge is 0.264 e. The first-order chi connectivity index (χ1) is 16.1. The Bertz CT molecular complexity index is 1560. The molecule has 0 unspecified atom stereocenters. The van der Waals surface area contributed by atoms with Gasteiger partial charge in [-0.1, -0.05) is 13.0 Å². The third kappa shape index (κ3) is 4.15. The molecule has 0 N–H and O–H groups in total. The van der Waals surface area contributed by atoms with E-state index in [-0.39, 0.29) is 10.9 Å². The molecule has 4 rings (SSSR count). The van der Waals surface area contributed by atoms with Gasteiger partial charge in [-0.15, -0.1) is 10.2 Å². The Morgan fingerprint density at radius 3 is 2.23 bits per heavy atom. The molecule has 186 valence electrons. The average Bonchev–Trinajstić information content (AvgIpc) is 3.19. The molecule has 7 nitrogen and oxygen atoms in total. The molecule has 0 fully saturated rings. The van der Waals surface area contributed by atoms with Crippen molar-refractivity contribution < 1.29 is 43.5 Å². The number of nitrogens with zero attached hydrogens (tertiary/aromatic N) is 5. The highest BCUT2D eigenvalue weighted by Gasteiger charge is 2.60. The van der Waals surface area contributed by atoms with Crippen molar-refractivity contribution in [2.45, 2.75) is 30.1 Å². The van der Waals surface area contributed by atoms with Gasteiger partial charge < -0.3 is 0 Å². The molecule has 0 aliphatic rings. The molecule has 0 atom stereocenters. The third-order valence-corrected chi connectivity index (χ3v) is 6.76. The fourth-order valence-electron chi connectivity index (χ4n) is 3.15. The number of rotatable bonds is 4. The molecule has 1 aromatic carbocycles. The van der Waals surface area contributed by atoms with E-state index in [2.05, 4.69) is 20.2 Å². The molecule has 0 radical (unpaired) electrons. The van der Waals surface area contributed by atoms with Crippen molar-refractivity contribution in [3.05, 3.63) is 47.9 Å². The molecule has 35 heavy (non-hydrogen) atoms. The van der Waals surface area contributed by atoms with Crippen LogP contribution >= 0.6 is 0 Å². The summed E-state index contributed by atoms with van der Waals surface area (Å²) in [4.78, 5) is 6.67. The standard InChI is InChI=1S/C19H11F8N5O2S/c1-2-35(33,34)12-5-9-3-4-10(18(22,23)24)6-11(9)29-15(12)16-31-30-14-7-13(28-8-32(14)16)17(20,21)19(25,26)27/h3-8H,2H2,1H3. The fourth-order valence-corrected chi connectivity index (χ4v) is 4.20. The van der Waals surface area contributed by atoms with E-state index in [0.717, 1.165) is 22.6 Å². The van der Waals surface area contributed by atoms with Gasteiger partial charge in [-0.3, -0.25) is 4.40 Å². The van der Waals surface area contributed by atoms with Gasteiger partial charge in [0, 0.05) is 11.5 Å². The maximum atomic E-state index is 13.7. The largest absolute Gasteiger partial charge is 0.459 e. The second-order valence-electron chi connectivity index (χ2n) is 7.24. The van der Waals surface area contributed by atoms with Crippen LogP contribution in [0.3, 0.4) is 0 Å². The third-order valence-electron chi connectivity index (χ3n) is 5.01. The quantitative estimate of drug-likeness (QED) is 0.356. The van der Waals surface area contributed by atoms with E-state index < -0.39 is 67.2 Å². The summed E-state index contributed by atoms with van der Waals surface area (Å²) in [5.74, 6) is -6.20. The van der Waals surface area contributed by atoms with Gasteiger partial charge in [0.1, 0.15) is 17.7 Å². The van der Waals surface area contributed by atoms with Crippen molar-refractivity contribution in [1.82, 2.24) is 24.6 Å². The van der Waals surface area contributed by atoms with Crippen LogP contribution in [0.25, 0.3) is 28.1 Å². The normalized spacial score (nSPS) is 13.6. The van der Waals surface area contributed by atoms with Gasteiger partial charge in [0.05, 0.1) is 21.7 Å². The molecule has 0 saturated heterocycles. The number of alkyl halides is 8. The minimum Gasteiger partial charge on any atom is -0.264 e. The highest BCUT2D eigenvalue weighted by atomic mass is 32.2. The van der Waals surface area contributed by atoms with Crippen molar-refractivity contribution >= 4 is 26.4 Å². The summed E-state index contributed by atoms with van der Waals surface area (Å²) in [6.45, 7) is 1.30. The topological polar surface area (TPSA) is 90.1 Å². The lowest BCUT2D eigenvalue weighted by Gasteiger charge is -2.18. The second-order valence-corrected chi connectivity index (χ2v) is 9.49. The summed E-state index contributed by atoms with van der Waals surface area (Å²) < 4.78 is 131. The fraction of sp³-hybridized carbons (Fsp3) is 0.263. The van der Waals surface area contributed by atoms with E-state index in [1.54, 1.807) is 0 Å². The van der Waals surface area contributed by atoms with Crippen molar-refractivity contribution in [3.63, 3.8) is 0 Å². The van der Waals surface area contributed by atoms with Gasteiger partial charge in [0.15, 0.2) is 21.3 Å². The zero-order valence-electron chi connectivity index (χ0n) is 17.2. The summed E-state index contributed by atoms with van der Waals surface area (Å²) in [5, 5.41) is 7.18. The number of hydrogen-bond acceptors (Lipinski definition) is 6. The molecular weight excluding hydrogens is 514 g/mol. The maximum Gasteiger partial charge on any atom is 0.459 e. The Morgan fingerprint density at radius 1 is 0.943 bits per heavy atom. The average molecular weight is 525 g/mol. The van der Waals surface area contributed by atoms with Crippen molar-refractivity contribution in [1.29, 1.82) is 0 Å². The molecule has 3 aromatic heterocycles. The van der Waals surface area contributed by atoms with E-state index in [0.29, 0.717) is 18.5 Å². The van der Waals surface area contributed by atoms with E-state index in [1.807, 2.05) is 0 Å². The number of fused-ring (bicyclic) bond motifs is 2. The molecule has 4 aromatic rings. The lowest BCUT2D eigenvalue weighted by molar-refractivity contribution is -0.290. The molecule has 0 aliphatic heterocycles. The maximum absolute atomic E-state index is 13.7. The van der Waals surface area contributed by atoms with Gasteiger partial charge >= 0.3 is 18.3 Å². The molecule has 0 aliphatic carbocycles. The van der Waals surface area contributed by atoms with Gasteiger partial charge in [0.25, 0.3) is 0 Å². The van der Waals surface area contributed by atoms with E-state index in [1.165, 1.54) is 6.92 Å². The van der Waals surface area contributed by atoms with Crippen LogP contribution in [-0.2, 0) is 21.9 Å². The molecule has 0 amide bonds. The molecule has 0 spiro atoms. The highest BCUT2D eigenvalue weighted by molar-refractivity contribution is 7.91. The molecule has 0 saturated carbocycles. The summed E-state index contributed by atoms with van der Waals surface area (Å²) >= 11 is 0. The Balaban J connectivity index is 1.98. The zero-order valence-corrected chi connectivity index (χ0v) is 18.0. The molecule has 16 heteroatoms. The van der Waals surface area contributed by atoms with E-state index in [4.69, 9.17) is 0 Å². The summed E-state index contributed by atoms with van der Waals surface area (Å²) in [7, 11) is -4.06. The second kappa shape index (κ2) is 7.79. The number of sulfone groups is 1. The number of benzene rings is 1. The van der Waals surface area contributed by atoms with Crippen LogP contribution in [0, 0.1) is 0 Å². The van der Waals surface area contributed by atoms with Crippen LogP contribution in [0.15, 0.2) is 41.6 Å². The van der Waals surface area contributed by atoms with Crippen LogP contribution in [-0.4, -0.2) is 44.9 Å². The van der Waals surface area contributed by atoms with Crippen LogP contribution < -0.4 is 0 Å². The predicted molar refractivity (Wildman–Crippen MR) is 104 cm³/mol. The summed E-state index contributed by atoms with van der Waals surface area (Å²) in [6.07, 6.45) is -10.2. The van der Waals surface area contributed by atoms with E-state index in [9.17, 15) is 43.5 Å². The predicted octanol–water partition coefficient (Wildman–Crippen LogP) is 4.81. The number of aromatic nitrogens is 5. The van der Waals surface area contributed by atoms with Gasteiger partial charge in [0.2, 0.25) is 0 Å². The van der Waals surface area contributed by atoms with Gasteiger partial charge in [-0.2, -0.15) is 35.1 Å². The van der Waals surface area contributed by atoms with Gasteiger partial charge in [-0.25, -0.2) is 18.4 Å². The number of halogens is 8. The number of hydrogen-bond donors (Lipinski definition) is 0. The minimum atomic E-state index is -5.94. The molecular formula is C19H11F8N5O2S. The first kappa shape index (κ1) is 24.7. The van der Waals surface area contributed by atoms with Crippen LogP contribution in [0.1, 0.15) is 18.2 Å². The van der Waals surface area contributed by atoms with E-state index >= 15 is 0 Å². The van der Waals surface area contributed by atoms with Crippen molar-refractivity contribution in [2.75, 3.05) is 5.75 Å². The highest BCUT2D eigenvalue weighted by Crippen LogP contribution is 2.43. The Kier molecular flexibility index (Phi) is 5.50. The Morgan fingerprint density at radius 2 is 1.63 bits per heavy atom. The first-order valence-electron chi connectivity index (χ1n) is 9.47. The van der Waals surface area contributed by atoms with Gasteiger partial charge in [-0.05, 0) is 18.2 Å². The molecule has 0 bridgehead atoms. The summed E-state index contributed by atoms with van der Waals surface area (Å²) in [6, 6.07) is 3.81. The lowest BCUT2D eigenvalue weighted by atomic mass is 10.1. The van der Waals surface area contributed by atoms with Crippen LogP contribution in [0.5, 0.6) is 0 Å². The van der Waals surface area contributed by atoms with Crippen LogP contribution in [0.4, 0.5) is 35.1 Å². The Labute approximate surface area is 190 Å². The summed E-state index contributed by atoms with van der Waals surface area (Å²) in [5.41, 5.74) is -4.06. The SMILES string of the molecule is CCS(=O)(=O)c1cc2ccc(C(F)(F)F)cc2nc1-c1nnc2cc(C(F)(F)C(F)(F)F)ncn12. The Hall–Kier alpha value is -3.43. The zero-order chi connectivity index (χ0) is 26.0. The first-order valence-corrected chi connectivity index (χ1v) is 11.1. The minimum absolute atomic E-state index is 0.0489. The van der Waals surface area contributed by atoms with Crippen LogP contribution in [0.2, 0.25) is 0 Å². The lowest BCUT2D eigenvalue weighted by Crippen LogP contribution is -2.34. The van der Waals surface area contributed by atoms with Crippen molar-refractivity contribution in [3.8, 4) is 11.5 Å². The molecule has 3 heterocycles.